The number of hydrogen-bond acceptors (Lipinski definition) is 4. The maximum Gasteiger partial charge on any atom is 0.259 e. The van der Waals surface area contributed by atoms with Crippen LogP contribution in [0.25, 0.3) is 10.1 Å². The van der Waals surface area contributed by atoms with Gasteiger partial charge in [-0.05, 0) is 43.2 Å². The van der Waals surface area contributed by atoms with Gasteiger partial charge < -0.3 is 5.32 Å². The van der Waals surface area contributed by atoms with Crippen molar-refractivity contribution in [2.45, 2.75) is 13.8 Å². The van der Waals surface area contributed by atoms with Crippen molar-refractivity contribution in [3.05, 3.63) is 70.1 Å². The van der Waals surface area contributed by atoms with Gasteiger partial charge in [0, 0.05) is 26.6 Å². The third-order valence-corrected chi connectivity index (χ3v) is 5.06. The summed E-state index contributed by atoms with van der Waals surface area (Å²) in [5.74, 6) is -0.658. The molecule has 132 valence electrons. The van der Waals surface area contributed by atoms with Crippen LogP contribution in [0.4, 0.5) is 0 Å². The fourth-order valence-corrected chi connectivity index (χ4v) is 3.37. The van der Waals surface area contributed by atoms with Crippen molar-refractivity contribution in [2.75, 3.05) is 6.54 Å². The quantitative estimate of drug-likeness (QED) is 0.537. The molecule has 0 bridgehead atoms. The molecular formula is C20H19N3O2S. The number of hydrogen-bond donors (Lipinski definition) is 2. The van der Waals surface area contributed by atoms with Crippen molar-refractivity contribution in [3.8, 4) is 0 Å². The molecule has 3 rings (SSSR count). The van der Waals surface area contributed by atoms with Gasteiger partial charge in [0.1, 0.15) is 0 Å². The van der Waals surface area contributed by atoms with Crippen LogP contribution in [0.3, 0.4) is 0 Å². The van der Waals surface area contributed by atoms with Crippen molar-refractivity contribution < 1.29 is 9.59 Å². The smallest absolute Gasteiger partial charge is 0.259 e. The zero-order valence-corrected chi connectivity index (χ0v) is 15.4. The van der Waals surface area contributed by atoms with Crippen molar-refractivity contribution in [1.29, 1.82) is 0 Å². The molecule has 2 amide bonds. The Bertz CT molecular complexity index is 992. The van der Waals surface area contributed by atoms with Crippen molar-refractivity contribution in [2.24, 2.45) is 5.10 Å². The summed E-state index contributed by atoms with van der Waals surface area (Å²) in [6, 6.07) is 13.4. The van der Waals surface area contributed by atoms with Gasteiger partial charge in [-0.3, -0.25) is 9.59 Å². The van der Waals surface area contributed by atoms with Crippen LogP contribution in [-0.4, -0.2) is 24.6 Å². The van der Waals surface area contributed by atoms with Gasteiger partial charge in [-0.15, -0.1) is 11.3 Å². The fraction of sp³-hybridized carbons (Fsp3) is 0.150. The fourth-order valence-electron chi connectivity index (χ4n) is 2.46. The molecule has 0 unspecified atom stereocenters. The van der Waals surface area contributed by atoms with Crippen LogP contribution in [0, 0.1) is 13.8 Å². The Labute approximate surface area is 155 Å². The summed E-state index contributed by atoms with van der Waals surface area (Å²) in [5.41, 5.74) is 6.08. The highest BCUT2D eigenvalue weighted by molar-refractivity contribution is 7.17. The number of fused-ring (bicyclic) bond motifs is 1. The zero-order valence-electron chi connectivity index (χ0n) is 14.6. The molecule has 1 aromatic heterocycles. The van der Waals surface area contributed by atoms with Gasteiger partial charge in [-0.25, -0.2) is 5.43 Å². The van der Waals surface area contributed by atoms with Gasteiger partial charge >= 0.3 is 0 Å². The van der Waals surface area contributed by atoms with E-state index in [1.54, 1.807) is 23.6 Å². The molecule has 0 aliphatic rings. The predicted molar refractivity (Wildman–Crippen MR) is 106 cm³/mol. The largest absolute Gasteiger partial charge is 0.343 e. The first-order chi connectivity index (χ1) is 12.5. The molecule has 2 aromatic carbocycles. The third-order valence-electron chi connectivity index (χ3n) is 4.08. The van der Waals surface area contributed by atoms with Crippen molar-refractivity contribution in [1.82, 2.24) is 10.7 Å². The van der Waals surface area contributed by atoms with Gasteiger partial charge in [0.2, 0.25) is 0 Å². The second kappa shape index (κ2) is 7.93. The van der Waals surface area contributed by atoms with E-state index in [2.05, 4.69) is 15.8 Å². The maximum absolute atomic E-state index is 12.1. The number of rotatable bonds is 5. The van der Waals surface area contributed by atoms with E-state index in [-0.39, 0.29) is 18.4 Å². The molecule has 0 radical (unpaired) electrons. The molecule has 0 aliphatic carbocycles. The number of benzene rings is 2. The molecular weight excluding hydrogens is 346 g/mol. The highest BCUT2D eigenvalue weighted by Gasteiger charge is 2.08. The summed E-state index contributed by atoms with van der Waals surface area (Å²) >= 11 is 1.63. The summed E-state index contributed by atoms with van der Waals surface area (Å²) in [4.78, 5) is 23.9. The Morgan fingerprint density at radius 3 is 2.73 bits per heavy atom. The van der Waals surface area contributed by atoms with E-state index in [1.165, 1.54) is 4.70 Å². The lowest BCUT2D eigenvalue weighted by Crippen LogP contribution is -2.34. The van der Waals surface area contributed by atoms with E-state index < -0.39 is 0 Å². The number of hydrazone groups is 1. The Morgan fingerprint density at radius 1 is 1.12 bits per heavy atom. The van der Waals surface area contributed by atoms with E-state index in [9.17, 15) is 9.59 Å². The Balaban J connectivity index is 1.52. The minimum atomic E-state index is -0.377. The number of carbonyl (C=O) groups excluding carboxylic acids is 2. The average molecular weight is 365 g/mol. The number of amides is 2. The number of nitrogens with one attached hydrogen (secondary N) is 2. The van der Waals surface area contributed by atoms with Gasteiger partial charge in [0.25, 0.3) is 11.8 Å². The van der Waals surface area contributed by atoms with E-state index in [1.807, 2.05) is 55.6 Å². The Hall–Kier alpha value is -2.99. The molecule has 3 aromatic rings. The summed E-state index contributed by atoms with van der Waals surface area (Å²) in [6.07, 6.45) is 1.61. The van der Waals surface area contributed by atoms with E-state index in [0.717, 1.165) is 22.1 Å². The first kappa shape index (κ1) is 17.8. The monoisotopic (exact) mass is 365 g/mol. The second-order valence-electron chi connectivity index (χ2n) is 5.96. The Kier molecular flexibility index (Phi) is 5.43. The van der Waals surface area contributed by atoms with Gasteiger partial charge in [-0.2, -0.15) is 5.10 Å². The van der Waals surface area contributed by atoms with Crippen LogP contribution in [0.2, 0.25) is 0 Å². The number of nitrogens with zero attached hydrogens (tertiary/aromatic N) is 1. The molecule has 0 atom stereocenters. The van der Waals surface area contributed by atoms with Crippen LogP contribution in [-0.2, 0) is 4.79 Å². The van der Waals surface area contributed by atoms with Crippen LogP contribution in [0.15, 0.2) is 52.9 Å². The first-order valence-corrected chi connectivity index (χ1v) is 9.06. The van der Waals surface area contributed by atoms with Crippen LogP contribution < -0.4 is 10.7 Å². The number of aryl methyl sites for hydroxylation is 2. The number of carbonyl (C=O) groups is 2. The first-order valence-electron chi connectivity index (χ1n) is 8.18. The summed E-state index contributed by atoms with van der Waals surface area (Å²) < 4.78 is 1.17. The number of thiophene rings is 1. The highest BCUT2D eigenvalue weighted by Crippen LogP contribution is 2.24. The average Bonchev–Trinajstić information content (AvgIpc) is 3.05. The van der Waals surface area contributed by atoms with Gasteiger partial charge in [-0.1, -0.05) is 24.3 Å². The molecule has 26 heavy (non-hydrogen) atoms. The molecule has 0 fully saturated rings. The van der Waals surface area contributed by atoms with Crippen LogP contribution >= 0.6 is 11.3 Å². The SMILES string of the molecule is Cc1ccc(C(=O)NCC(=O)N/N=C/c2csc3ccccc23)cc1C. The maximum atomic E-state index is 12.1. The van der Waals surface area contributed by atoms with Crippen molar-refractivity contribution in [3.63, 3.8) is 0 Å². The summed E-state index contributed by atoms with van der Waals surface area (Å²) in [6.45, 7) is 3.80. The molecule has 1 heterocycles. The van der Waals surface area contributed by atoms with Crippen molar-refractivity contribution >= 4 is 39.5 Å². The van der Waals surface area contributed by atoms with Gasteiger partial charge in [0.15, 0.2) is 0 Å². The van der Waals surface area contributed by atoms with E-state index >= 15 is 0 Å². The molecule has 6 heteroatoms. The highest BCUT2D eigenvalue weighted by atomic mass is 32.1. The standard InChI is InChI=1S/C20H19N3O2S/c1-13-7-8-15(9-14(13)2)20(25)21-11-19(24)23-22-10-16-12-26-18-6-4-3-5-17(16)18/h3-10,12H,11H2,1-2H3,(H,21,25)(H,23,24)/b22-10+. The molecule has 0 saturated heterocycles. The minimum absolute atomic E-state index is 0.131. The lowest BCUT2D eigenvalue weighted by molar-refractivity contribution is -0.120. The summed E-state index contributed by atoms with van der Waals surface area (Å²) in [5, 5.41) is 9.65. The lowest BCUT2D eigenvalue weighted by Gasteiger charge is -2.06. The molecule has 0 spiro atoms. The van der Waals surface area contributed by atoms with E-state index in [4.69, 9.17) is 0 Å². The van der Waals surface area contributed by atoms with Gasteiger partial charge in [0.05, 0.1) is 12.8 Å². The van der Waals surface area contributed by atoms with E-state index in [0.29, 0.717) is 5.56 Å². The molecule has 5 nitrogen and oxygen atoms in total. The molecule has 0 saturated carbocycles. The second-order valence-corrected chi connectivity index (χ2v) is 6.87. The Morgan fingerprint density at radius 2 is 1.92 bits per heavy atom. The zero-order chi connectivity index (χ0) is 18.5. The minimum Gasteiger partial charge on any atom is -0.343 e. The summed E-state index contributed by atoms with van der Waals surface area (Å²) in [7, 11) is 0. The predicted octanol–water partition coefficient (Wildman–Crippen LogP) is 3.40. The van der Waals surface area contributed by atoms with Crippen LogP contribution in [0.5, 0.6) is 0 Å². The normalized spacial score (nSPS) is 11.0. The third kappa shape index (κ3) is 4.15. The molecule has 0 aliphatic heterocycles. The lowest BCUT2D eigenvalue weighted by atomic mass is 10.1. The topological polar surface area (TPSA) is 70.6 Å². The van der Waals surface area contributed by atoms with Crippen LogP contribution in [0.1, 0.15) is 27.0 Å². The molecule has 2 N–H and O–H groups in total.